The number of carboxylic acid groups (broad SMARTS) is 1. The fraction of sp³-hybridized carbons (Fsp3) is 0.250. The van der Waals surface area contributed by atoms with Gasteiger partial charge >= 0.3 is 29.7 Å². The van der Waals surface area contributed by atoms with Crippen LogP contribution >= 0.6 is 0 Å². The van der Waals surface area contributed by atoms with Crippen molar-refractivity contribution in [3.63, 3.8) is 0 Å². The molecule has 3 nitrogen and oxygen atoms in total. The molecule has 0 amide bonds. The molecular weight excluding hydrogens is 144 g/mol. The van der Waals surface area contributed by atoms with Gasteiger partial charge in [-0.1, -0.05) is 6.58 Å². The molecule has 0 radical (unpaired) electrons. The Kier molecular flexibility index (Phi) is 8.96. The van der Waals surface area contributed by atoms with Gasteiger partial charge in [-0.3, -0.25) is 0 Å². The van der Waals surface area contributed by atoms with E-state index in [9.17, 15) is 4.79 Å². The predicted octanol–water partition coefficient (Wildman–Crippen LogP) is 0.526. The van der Waals surface area contributed by atoms with E-state index in [-0.39, 0.29) is 5.57 Å². The van der Waals surface area contributed by atoms with E-state index in [4.69, 9.17) is 8.43 Å². The number of hydrogen-bond acceptors (Lipinski definition) is 2. The molecular formula is C4H6O3Ti. The molecule has 0 bridgehead atoms. The van der Waals surface area contributed by atoms with Crippen LogP contribution in [0.1, 0.15) is 6.92 Å². The van der Waals surface area contributed by atoms with Gasteiger partial charge in [0.1, 0.15) is 0 Å². The van der Waals surface area contributed by atoms with Crippen molar-refractivity contribution < 1.29 is 33.6 Å². The van der Waals surface area contributed by atoms with Crippen LogP contribution < -0.4 is 0 Å². The second-order valence-electron chi connectivity index (χ2n) is 1.09. The molecule has 0 aromatic rings. The van der Waals surface area contributed by atoms with Gasteiger partial charge in [0.2, 0.25) is 0 Å². The first-order chi connectivity index (χ1) is 3.64. The van der Waals surface area contributed by atoms with Gasteiger partial charge in [0.25, 0.3) is 0 Å². The summed E-state index contributed by atoms with van der Waals surface area (Å²) in [7, 11) is 0. The van der Waals surface area contributed by atoms with Crippen LogP contribution in [0.3, 0.4) is 0 Å². The van der Waals surface area contributed by atoms with Crippen molar-refractivity contribution in [2.24, 2.45) is 0 Å². The standard InChI is InChI=1S/C4H6O2.O.Ti/c1-3(2)4(5)6;;/h1H2,2H3,(H,5,6);;. The fourth-order valence-electron chi connectivity index (χ4n) is 0. The topological polar surface area (TPSA) is 54.4 Å². The molecule has 44 valence electrons. The van der Waals surface area contributed by atoms with Gasteiger partial charge in [-0.05, 0) is 6.92 Å². The van der Waals surface area contributed by atoms with Gasteiger partial charge in [0, 0.05) is 5.57 Å². The van der Waals surface area contributed by atoms with E-state index in [1.807, 2.05) is 0 Å². The molecule has 0 spiro atoms. The van der Waals surface area contributed by atoms with Crippen molar-refractivity contribution in [2.45, 2.75) is 6.92 Å². The first-order valence-electron chi connectivity index (χ1n) is 1.74. The quantitative estimate of drug-likeness (QED) is 0.438. The zero-order valence-electron chi connectivity index (χ0n) is 4.47. The molecule has 0 fully saturated rings. The van der Waals surface area contributed by atoms with Crippen molar-refractivity contribution >= 4 is 5.97 Å². The number of rotatable bonds is 1. The van der Waals surface area contributed by atoms with E-state index < -0.39 is 5.97 Å². The van der Waals surface area contributed by atoms with Crippen molar-refractivity contribution in [1.82, 2.24) is 0 Å². The Hall–Kier alpha value is -0.276. The molecule has 4 heteroatoms. The molecule has 0 saturated heterocycles. The van der Waals surface area contributed by atoms with Crippen LogP contribution in [-0.4, -0.2) is 11.1 Å². The summed E-state index contributed by atoms with van der Waals surface area (Å²) >= 11 is 0.750. The number of carbonyl (C=O) groups is 1. The summed E-state index contributed by atoms with van der Waals surface area (Å²) in [6.07, 6.45) is 0. The summed E-state index contributed by atoms with van der Waals surface area (Å²) in [6.45, 7) is 4.60. The van der Waals surface area contributed by atoms with Crippen LogP contribution in [-0.2, 0) is 28.5 Å². The second-order valence-corrected chi connectivity index (χ2v) is 1.09. The Bertz CT molecular complexity index is 87.5. The number of aliphatic carboxylic acids is 1. The average molecular weight is 150 g/mol. The summed E-state index contributed by atoms with van der Waals surface area (Å²) in [5.41, 5.74) is 0.176. The number of hydrogen-bond donors (Lipinski definition) is 1. The van der Waals surface area contributed by atoms with Crippen molar-refractivity contribution in [3.05, 3.63) is 12.2 Å². The van der Waals surface area contributed by atoms with Gasteiger partial charge in [-0.2, -0.15) is 0 Å². The molecule has 0 heterocycles. The maximum absolute atomic E-state index is 9.60. The zero-order valence-corrected chi connectivity index (χ0v) is 6.03. The van der Waals surface area contributed by atoms with Crippen LogP contribution in [0.25, 0.3) is 0 Å². The third-order valence-corrected chi connectivity index (χ3v) is 0.365. The number of carboxylic acids is 1. The third-order valence-electron chi connectivity index (χ3n) is 0.365. The Labute approximate surface area is 59.1 Å². The first kappa shape index (κ1) is 10.7. The minimum absolute atomic E-state index is 0.176. The second kappa shape index (κ2) is 6.72. The Balaban J connectivity index is 0. The molecule has 0 aromatic heterocycles. The average Bonchev–Trinajstić information content (AvgIpc) is 1.72. The molecule has 0 aliphatic rings. The van der Waals surface area contributed by atoms with Gasteiger partial charge < -0.3 is 5.11 Å². The summed E-state index contributed by atoms with van der Waals surface area (Å²) in [4.78, 5) is 9.60. The summed E-state index contributed by atoms with van der Waals surface area (Å²) < 4.78 is 8.25. The van der Waals surface area contributed by atoms with Gasteiger partial charge in [-0.25, -0.2) is 4.79 Å². The molecule has 0 unspecified atom stereocenters. The summed E-state index contributed by atoms with van der Waals surface area (Å²) in [5, 5.41) is 7.89. The van der Waals surface area contributed by atoms with Gasteiger partial charge in [0.15, 0.2) is 0 Å². The van der Waals surface area contributed by atoms with Crippen LogP contribution in [0, 0.1) is 0 Å². The summed E-state index contributed by atoms with van der Waals surface area (Å²) in [6, 6.07) is 0. The van der Waals surface area contributed by atoms with Gasteiger partial charge in [-0.15, -0.1) is 0 Å². The maximum atomic E-state index is 9.60. The van der Waals surface area contributed by atoms with Crippen LogP contribution in [0.15, 0.2) is 12.2 Å². The van der Waals surface area contributed by atoms with E-state index in [0.29, 0.717) is 0 Å². The van der Waals surface area contributed by atoms with Crippen LogP contribution in [0.2, 0.25) is 0 Å². The first-order valence-corrected chi connectivity index (χ1v) is 2.37. The van der Waals surface area contributed by atoms with E-state index in [1.54, 1.807) is 0 Å². The van der Waals surface area contributed by atoms with Crippen molar-refractivity contribution in [2.75, 3.05) is 0 Å². The minimum atomic E-state index is -0.935. The predicted molar refractivity (Wildman–Crippen MR) is 23.1 cm³/mol. The van der Waals surface area contributed by atoms with E-state index in [0.717, 1.165) is 20.4 Å². The van der Waals surface area contributed by atoms with Crippen LogP contribution in [0.4, 0.5) is 0 Å². The Morgan fingerprint density at radius 1 is 1.62 bits per heavy atom. The zero-order chi connectivity index (χ0) is 7.15. The normalized spacial score (nSPS) is 6.00. The molecule has 0 aromatic carbocycles. The SMILES string of the molecule is C=C(C)C(=O)O.[O]=[Ti]. The van der Waals surface area contributed by atoms with Crippen LogP contribution in [0.5, 0.6) is 0 Å². The molecule has 8 heavy (non-hydrogen) atoms. The Morgan fingerprint density at radius 3 is 1.75 bits per heavy atom. The molecule has 0 rings (SSSR count). The van der Waals surface area contributed by atoms with E-state index in [2.05, 4.69) is 6.58 Å². The summed E-state index contributed by atoms with van der Waals surface area (Å²) in [5.74, 6) is -0.935. The fourth-order valence-corrected chi connectivity index (χ4v) is 0. The third kappa shape index (κ3) is 9.21. The molecule has 0 aliphatic carbocycles. The molecule has 0 aliphatic heterocycles. The molecule has 0 atom stereocenters. The van der Waals surface area contributed by atoms with E-state index >= 15 is 0 Å². The van der Waals surface area contributed by atoms with Gasteiger partial charge in [0.05, 0.1) is 0 Å². The van der Waals surface area contributed by atoms with Crippen molar-refractivity contribution in [1.29, 1.82) is 0 Å². The monoisotopic (exact) mass is 150 g/mol. The Morgan fingerprint density at radius 2 is 1.75 bits per heavy atom. The van der Waals surface area contributed by atoms with E-state index in [1.165, 1.54) is 6.92 Å². The molecule has 1 N–H and O–H groups in total. The van der Waals surface area contributed by atoms with Crippen molar-refractivity contribution in [3.8, 4) is 0 Å². The molecule has 0 saturated carbocycles.